The van der Waals surface area contributed by atoms with Crippen LogP contribution in [-0.4, -0.2) is 16.3 Å². The van der Waals surface area contributed by atoms with Crippen molar-refractivity contribution >= 4 is 0 Å². The molecule has 0 aliphatic heterocycles. The van der Waals surface area contributed by atoms with Gasteiger partial charge in [-0.2, -0.15) is 5.10 Å². The predicted molar refractivity (Wildman–Crippen MR) is 66.8 cm³/mol. The lowest BCUT2D eigenvalue weighted by molar-refractivity contribution is 0.495. The third kappa shape index (κ3) is 3.20. The summed E-state index contributed by atoms with van der Waals surface area (Å²) in [4.78, 5) is 0. The fourth-order valence-electron chi connectivity index (χ4n) is 1.90. The van der Waals surface area contributed by atoms with Gasteiger partial charge in [0.05, 0.1) is 17.7 Å². The number of nitrogens with zero attached hydrogens (tertiary/aromatic N) is 2. The summed E-state index contributed by atoms with van der Waals surface area (Å²) in [5.41, 5.74) is 2.32. The molecular weight excluding hydrogens is 214 g/mol. The highest BCUT2D eigenvalue weighted by Crippen LogP contribution is 2.04. The van der Waals surface area contributed by atoms with Gasteiger partial charge in [0.25, 0.3) is 0 Å². The molecule has 92 valence electrons. The van der Waals surface area contributed by atoms with Gasteiger partial charge in [0.2, 0.25) is 0 Å². The molecule has 0 fully saturated rings. The van der Waals surface area contributed by atoms with Crippen LogP contribution in [0.4, 0.5) is 0 Å². The normalized spacial score (nSPS) is 10.9. The van der Waals surface area contributed by atoms with E-state index in [4.69, 9.17) is 4.42 Å². The van der Waals surface area contributed by atoms with E-state index in [1.54, 1.807) is 6.26 Å². The molecule has 0 saturated carbocycles. The van der Waals surface area contributed by atoms with Crippen LogP contribution in [0, 0.1) is 6.92 Å². The number of aryl methyl sites for hydroxylation is 2. The lowest BCUT2D eigenvalue weighted by Gasteiger charge is -2.05. The van der Waals surface area contributed by atoms with Gasteiger partial charge in [-0.3, -0.25) is 4.68 Å². The van der Waals surface area contributed by atoms with Crippen LogP contribution in [0.5, 0.6) is 0 Å². The fourth-order valence-corrected chi connectivity index (χ4v) is 1.90. The first-order chi connectivity index (χ1) is 8.29. The molecule has 2 heterocycles. The Balaban J connectivity index is 1.77. The van der Waals surface area contributed by atoms with Gasteiger partial charge in [-0.25, -0.2) is 0 Å². The molecule has 1 N–H and O–H groups in total. The highest BCUT2D eigenvalue weighted by molar-refractivity contribution is 5.08. The summed E-state index contributed by atoms with van der Waals surface area (Å²) in [6, 6.07) is 6.05. The van der Waals surface area contributed by atoms with Crippen LogP contribution in [-0.2, 0) is 19.5 Å². The molecule has 17 heavy (non-hydrogen) atoms. The van der Waals surface area contributed by atoms with Crippen LogP contribution in [0.25, 0.3) is 0 Å². The van der Waals surface area contributed by atoms with Crippen molar-refractivity contribution in [1.29, 1.82) is 0 Å². The summed E-state index contributed by atoms with van der Waals surface area (Å²) < 4.78 is 7.31. The van der Waals surface area contributed by atoms with E-state index >= 15 is 0 Å². The average Bonchev–Trinajstić information content (AvgIpc) is 2.93. The van der Waals surface area contributed by atoms with Crippen LogP contribution in [0.3, 0.4) is 0 Å². The molecule has 0 aliphatic carbocycles. The first-order valence-corrected chi connectivity index (χ1v) is 6.06. The summed E-state index contributed by atoms with van der Waals surface area (Å²) in [5.74, 6) is 1.03. The standard InChI is InChI=1S/C13H19N3O/c1-3-16-12(9-11(2)15-16)10-14-7-6-13-5-4-8-17-13/h4-5,8-9,14H,3,6-7,10H2,1-2H3. The van der Waals surface area contributed by atoms with Gasteiger partial charge in [-0.1, -0.05) is 0 Å². The Labute approximate surface area is 102 Å². The van der Waals surface area contributed by atoms with Crippen LogP contribution in [0.15, 0.2) is 28.9 Å². The molecule has 0 saturated heterocycles. The van der Waals surface area contributed by atoms with Crippen molar-refractivity contribution in [2.45, 2.75) is 33.4 Å². The monoisotopic (exact) mass is 233 g/mol. The van der Waals surface area contributed by atoms with E-state index in [9.17, 15) is 0 Å². The Morgan fingerprint density at radius 1 is 1.47 bits per heavy atom. The Bertz CT molecular complexity index is 445. The van der Waals surface area contributed by atoms with E-state index in [1.807, 2.05) is 23.7 Å². The molecule has 0 bridgehead atoms. The molecule has 0 radical (unpaired) electrons. The highest BCUT2D eigenvalue weighted by atomic mass is 16.3. The number of rotatable bonds is 6. The van der Waals surface area contributed by atoms with E-state index < -0.39 is 0 Å². The number of furan rings is 1. The molecule has 2 rings (SSSR count). The molecule has 0 aliphatic rings. The Morgan fingerprint density at radius 2 is 2.35 bits per heavy atom. The van der Waals surface area contributed by atoms with Crippen LogP contribution >= 0.6 is 0 Å². The number of hydrogen-bond acceptors (Lipinski definition) is 3. The minimum Gasteiger partial charge on any atom is -0.469 e. The van der Waals surface area contributed by atoms with Crippen molar-refractivity contribution < 1.29 is 4.42 Å². The molecule has 2 aromatic rings. The smallest absolute Gasteiger partial charge is 0.105 e. The van der Waals surface area contributed by atoms with Gasteiger partial charge in [0.15, 0.2) is 0 Å². The molecule has 0 spiro atoms. The molecule has 4 nitrogen and oxygen atoms in total. The summed E-state index contributed by atoms with van der Waals surface area (Å²) in [6.07, 6.45) is 2.64. The number of hydrogen-bond donors (Lipinski definition) is 1. The minimum atomic E-state index is 0.857. The summed E-state index contributed by atoms with van der Waals surface area (Å²) in [6.45, 7) is 6.83. The van der Waals surface area contributed by atoms with Gasteiger partial charge >= 0.3 is 0 Å². The van der Waals surface area contributed by atoms with Crippen molar-refractivity contribution in [3.05, 3.63) is 41.6 Å². The second kappa shape index (κ2) is 5.68. The fraction of sp³-hybridized carbons (Fsp3) is 0.462. The Hall–Kier alpha value is -1.55. The molecule has 0 unspecified atom stereocenters. The summed E-state index contributed by atoms with van der Waals surface area (Å²) in [7, 11) is 0. The van der Waals surface area contributed by atoms with Gasteiger partial charge in [-0.05, 0) is 32.0 Å². The predicted octanol–water partition coefficient (Wildman–Crippen LogP) is 2.14. The lowest BCUT2D eigenvalue weighted by atomic mass is 10.3. The molecule has 0 atom stereocenters. The number of aromatic nitrogens is 2. The van der Waals surface area contributed by atoms with Crippen molar-refractivity contribution in [3.8, 4) is 0 Å². The minimum absolute atomic E-state index is 0.857. The maximum absolute atomic E-state index is 5.28. The molecule has 2 aromatic heterocycles. The molecule has 0 amide bonds. The van der Waals surface area contributed by atoms with E-state index in [2.05, 4.69) is 23.4 Å². The third-order valence-electron chi connectivity index (χ3n) is 2.72. The lowest BCUT2D eigenvalue weighted by Crippen LogP contribution is -2.19. The van der Waals surface area contributed by atoms with Crippen molar-refractivity contribution in [1.82, 2.24) is 15.1 Å². The second-order valence-electron chi connectivity index (χ2n) is 4.10. The second-order valence-corrected chi connectivity index (χ2v) is 4.10. The van der Waals surface area contributed by atoms with E-state index in [-0.39, 0.29) is 0 Å². The first kappa shape index (κ1) is 11.9. The Kier molecular flexibility index (Phi) is 3.98. The zero-order chi connectivity index (χ0) is 12.1. The van der Waals surface area contributed by atoms with Gasteiger partial charge < -0.3 is 9.73 Å². The quantitative estimate of drug-likeness (QED) is 0.777. The van der Waals surface area contributed by atoms with Gasteiger partial charge in [0.1, 0.15) is 5.76 Å². The van der Waals surface area contributed by atoms with Crippen molar-refractivity contribution in [2.75, 3.05) is 6.54 Å². The van der Waals surface area contributed by atoms with Crippen LogP contribution in [0.1, 0.15) is 24.1 Å². The van der Waals surface area contributed by atoms with Gasteiger partial charge in [0, 0.05) is 26.1 Å². The molecule has 0 aromatic carbocycles. The summed E-state index contributed by atoms with van der Waals surface area (Å²) in [5, 5.41) is 7.82. The van der Waals surface area contributed by atoms with Crippen LogP contribution < -0.4 is 5.32 Å². The SMILES string of the molecule is CCn1nc(C)cc1CNCCc1ccco1. The first-order valence-electron chi connectivity index (χ1n) is 6.06. The molecular formula is C13H19N3O. The Morgan fingerprint density at radius 3 is 3.06 bits per heavy atom. The van der Waals surface area contributed by atoms with E-state index in [1.165, 1.54) is 5.69 Å². The number of nitrogens with one attached hydrogen (secondary N) is 1. The maximum atomic E-state index is 5.28. The topological polar surface area (TPSA) is 43.0 Å². The maximum Gasteiger partial charge on any atom is 0.105 e. The highest BCUT2D eigenvalue weighted by Gasteiger charge is 2.03. The van der Waals surface area contributed by atoms with Crippen molar-refractivity contribution in [3.63, 3.8) is 0 Å². The molecule has 4 heteroatoms. The van der Waals surface area contributed by atoms with Crippen LogP contribution in [0.2, 0.25) is 0 Å². The van der Waals surface area contributed by atoms with E-state index in [0.29, 0.717) is 0 Å². The largest absolute Gasteiger partial charge is 0.469 e. The third-order valence-corrected chi connectivity index (χ3v) is 2.72. The summed E-state index contributed by atoms with van der Waals surface area (Å²) >= 11 is 0. The average molecular weight is 233 g/mol. The van der Waals surface area contributed by atoms with Gasteiger partial charge in [-0.15, -0.1) is 0 Å². The van der Waals surface area contributed by atoms with E-state index in [0.717, 1.165) is 37.5 Å². The van der Waals surface area contributed by atoms with Crippen molar-refractivity contribution in [2.24, 2.45) is 0 Å². The zero-order valence-corrected chi connectivity index (χ0v) is 10.4. The zero-order valence-electron chi connectivity index (χ0n) is 10.4.